The molecule has 27 heavy (non-hydrogen) atoms. The second-order valence-corrected chi connectivity index (χ2v) is 8.86. The zero-order valence-corrected chi connectivity index (χ0v) is 17.4. The molecule has 0 fully saturated rings. The molecule has 6 nitrogen and oxygen atoms in total. The molecule has 4 aromatic rings. The van der Waals surface area contributed by atoms with E-state index < -0.39 is 0 Å². The summed E-state index contributed by atoms with van der Waals surface area (Å²) >= 11 is 6.43. The van der Waals surface area contributed by atoms with Gasteiger partial charge in [-0.25, -0.2) is 4.98 Å². The van der Waals surface area contributed by atoms with Crippen LogP contribution < -0.4 is 10.9 Å². The molecule has 1 aromatic carbocycles. The van der Waals surface area contributed by atoms with Gasteiger partial charge < -0.3 is 5.32 Å². The zero-order chi connectivity index (χ0) is 18.8. The normalized spacial score (nSPS) is 11.0. The minimum atomic E-state index is -0.0667. The van der Waals surface area contributed by atoms with E-state index in [1.807, 2.05) is 49.4 Å². The van der Waals surface area contributed by atoms with Gasteiger partial charge in [0.25, 0.3) is 5.56 Å². The first-order valence-electron chi connectivity index (χ1n) is 8.06. The van der Waals surface area contributed by atoms with Gasteiger partial charge in [-0.05, 0) is 37.3 Å². The lowest BCUT2D eigenvalue weighted by molar-refractivity contribution is 0.967. The first kappa shape index (κ1) is 18.1. The van der Waals surface area contributed by atoms with E-state index in [1.165, 1.54) is 23.1 Å². The lowest BCUT2D eigenvalue weighted by Crippen LogP contribution is -2.17. The maximum atomic E-state index is 12.3. The molecule has 3 aromatic heterocycles. The van der Waals surface area contributed by atoms with Gasteiger partial charge in [-0.1, -0.05) is 51.2 Å². The highest BCUT2D eigenvalue weighted by atomic mass is 79.9. The second-order valence-electron chi connectivity index (χ2n) is 5.74. The molecule has 9 heteroatoms. The third-order valence-corrected chi connectivity index (χ3v) is 6.26. The Balaban J connectivity index is 1.47. The molecule has 0 bridgehead atoms. The van der Waals surface area contributed by atoms with Crippen LogP contribution >= 0.6 is 39.0 Å². The maximum absolute atomic E-state index is 12.3. The summed E-state index contributed by atoms with van der Waals surface area (Å²) in [5.74, 6) is 0.561. The van der Waals surface area contributed by atoms with E-state index in [0.717, 1.165) is 31.0 Å². The van der Waals surface area contributed by atoms with Crippen LogP contribution in [0.3, 0.4) is 0 Å². The Kier molecular flexibility index (Phi) is 5.24. The van der Waals surface area contributed by atoms with Gasteiger partial charge in [0.05, 0.1) is 5.69 Å². The molecule has 4 rings (SSSR count). The van der Waals surface area contributed by atoms with Crippen LogP contribution in [0.4, 0.5) is 10.8 Å². The number of rotatable bonds is 5. The average Bonchev–Trinajstić information content (AvgIpc) is 3.07. The fourth-order valence-electron chi connectivity index (χ4n) is 2.58. The number of fused-ring (bicyclic) bond motifs is 1. The van der Waals surface area contributed by atoms with E-state index in [0.29, 0.717) is 11.4 Å². The van der Waals surface area contributed by atoms with Gasteiger partial charge in [0.15, 0.2) is 4.34 Å². The van der Waals surface area contributed by atoms with Crippen molar-refractivity contribution in [2.45, 2.75) is 17.0 Å². The van der Waals surface area contributed by atoms with Gasteiger partial charge in [-0.3, -0.25) is 9.20 Å². The Labute approximate surface area is 171 Å². The van der Waals surface area contributed by atoms with Gasteiger partial charge in [0.1, 0.15) is 5.65 Å². The molecule has 0 saturated carbocycles. The first-order chi connectivity index (χ1) is 13.1. The minimum absolute atomic E-state index is 0.0667. The highest BCUT2D eigenvalue weighted by Crippen LogP contribution is 2.30. The van der Waals surface area contributed by atoms with E-state index >= 15 is 0 Å². The summed E-state index contributed by atoms with van der Waals surface area (Å²) in [7, 11) is 0. The summed E-state index contributed by atoms with van der Waals surface area (Å²) < 4.78 is 3.42. The van der Waals surface area contributed by atoms with Crippen molar-refractivity contribution in [1.29, 1.82) is 0 Å². The topological polar surface area (TPSA) is 72.2 Å². The Morgan fingerprint density at radius 3 is 2.89 bits per heavy atom. The van der Waals surface area contributed by atoms with Gasteiger partial charge in [-0.15, -0.1) is 10.2 Å². The van der Waals surface area contributed by atoms with Crippen molar-refractivity contribution < 1.29 is 0 Å². The van der Waals surface area contributed by atoms with Gasteiger partial charge >= 0.3 is 0 Å². The largest absolute Gasteiger partial charge is 0.330 e. The number of nitrogens with zero attached hydrogens (tertiary/aromatic N) is 4. The minimum Gasteiger partial charge on any atom is -0.330 e. The fourth-order valence-corrected chi connectivity index (χ4v) is 4.65. The van der Waals surface area contributed by atoms with Crippen molar-refractivity contribution in [3.63, 3.8) is 0 Å². The van der Waals surface area contributed by atoms with Gasteiger partial charge in [0, 0.05) is 27.7 Å². The molecule has 0 spiro atoms. The molecule has 0 unspecified atom stereocenters. The summed E-state index contributed by atoms with van der Waals surface area (Å²) in [6, 6.07) is 15.1. The smallest absolute Gasteiger partial charge is 0.258 e. The summed E-state index contributed by atoms with van der Waals surface area (Å²) in [4.78, 5) is 16.9. The quantitative estimate of drug-likeness (QED) is 0.437. The predicted molar refractivity (Wildman–Crippen MR) is 113 cm³/mol. The number of aryl methyl sites for hydroxylation is 1. The predicted octanol–water partition coefficient (Wildman–Crippen LogP) is 4.65. The molecule has 3 heterocycles. The van der Waals surface area contributed by atoms with Crippen LogP contribution in [0.5, 0.6) is 0 Å². The molecule has 136 valence electrons. The number of thioether (sulfide) groups is 1. The van der Waals surface area contributed by atoms with Crippen LogP contribution in [0, 0.1) is 6.92 Å². The highest BCUT2D eigenvalue weighted by molar-refractivity contribution is 9.10. The standard InChI is InChI=1S/C18H14BrN5OS2/c1-11-4-2-7-15-20-14(9-16(25)24(11)15)10-26-18-23-22-17(27-18)21-13-6-3-5-12(19)8-13/h2-9H,10H2,1H3,(H,21,22). The van der Waals surface area contributed by atoms with Crippen molar-refractivity contribution in [1.82, 2.24) is 19.6 Å². The van der Waals surface area contributed by atoms with Crippen LogP contribution in [0.1, 0.15) is 11.4 Å². The van der Waals surface area contributed by atoms with Crippen molar-refractivity contribution in [3.8, 4) is 0 Å². The first-order valence-corrected chi connectivity index (χ1v) is 10.7. The third kappa shape index (κ3) is 4.20. The van der Waals surface area contributed by atoms with E-state index in [2.05, 4.69) is 36.4 Å². The number of hydrogen-bond donors (Lipinski definition) is 1. The molecule has 0 aliphatic rings. The Bertz CT molecular complexity index is 1170. The van der Waals surface area contributed by atoms with Gasteiger partial charge in [-0.2, -0.15) is 0 Å². The monoisotopic (exact) mass is 459 g/mol. The van der Waals surface area contributed by atoms with Crippen LogP contribution in [-0.2, 0) is 5.75 Å². The van der Waals surface area contributed by atoms with E-state index in [-0.39, 0.29) is 5.56 Å². The van der Waals surface area contributed by atoms with Crippen molar-refractivity contribution in [2.75, 3.05) is 5.32 Å². The number of benzene rings is 1. The molecule has 0 amide bonds. The lowest BCUT2D eigenvalue weighted by atomic mass is 10.3. The third-order valence-electron chi connectivity index (χ3n) is 3.76. The molecule has 1 N–H and O–H groups in total. The SMILES string of the molecule is Cc1cccc2nc(CSc3nnc(Nc4cccc(Br)c4)s3)cc(=O)n12. The Hall–Kier alpha value is -2.23. The summed E-state index contributed by atoms with van der Waals surface area (Å²) in [5.41, 5.74) is 3.14. The van der Waals surface area contributed by atoms with Crippen LogP contribution in [0.15, 0.2) is 62.1 Å². The summed E-state index contributed by atoms with van der Waals surface area (Å²) in [6.45, 7) is 1.89. The number of halogens is 1. The molecule has 0 saturated heterocycles. The molecule has 0 radical (unpaired) electrons. The second kappa shape index (κ2) is 7.79. The van der Waals surface area contributed by atoms with Crippen molar-refractivity contribution in [3.05, 3.63) is 74.7 Å². The average molecular weight is 460 g/mol. The molecule has 0 aliphatic heterocycles. The summed E-state index contributed by atoms with van der Waals surface area (Å²) in [5, 5.41) is 12.3. The molecule has 0 aliphatic carbocycles. The zero-order valence-electron chi connectivity index (χ0n) is 14.2. The molecular formula is C18H14BrN5OS2. The van der Waals surface area contributed by atoms with E-state index in [9.17, 15) is 4.79 Å². The molecule has 0 atom stereocenters. The maximum Gasteiger partial charge on any atom is 0.258 e. The summed E-state index contributed by atoms with van der Waals surface area (Å²) in [6.07, 6.45) is 0. The lowest BCUT2D eigenvalue weighted by Gasteiger charge is -2.05. The van der Waals surface area contributed by atoms with Crippen molar-refractivity contribution >= 4 is 55.5 Å². The van der Waals surface area contributed by atoms with Crippen LogP contribution in [0.25, 0.3) is 5.65 Å². The van der Waals surface area contributed by atoms with E-state index in [4.69, 9.17) is 0 Å². The van der Waals surface area contributed by atoms with Gasteiger partial charge in [0.2, 0.25) is 5.13 Å². The van der Waals surface area contributed by atoms with Crippen molar-refractivity contribution in [2.24, 2.45) is 0 Å². The van der Waals surface area contributed by atoms with Crippen LogP contribution in [-0.4, -0.2) is 19.6 Å². The highest BCUT2D eigenvalue weighted by Gasteiger charge is 2.09. The Morgan fingerprint density at radius 2 is 2.04 bits per heavy atom. The molecular weight excluding hydrogens is 446 g/mol. The van der Waals surface area contributed by atoms with E-state index in [1.54, 1.807) is 10.5 Å². The number of aromatic nitrogens is 4. The number of pyridine rings is 1. The van der Waals surface area contributed by atoms with Crippen LogP contribution in [0.2, 0.25) is 0 Å². The number of nitrogens with one attached hydrogen (secondary N) is 1. The number of anilines is 2. The fraction of sp³-hybridized carbons (Fsp3) is 0.111. The Morgan fingerprint density at radius 1 is 1.19 bits per heavy atom. The number of hydrogen-bond acceptors (Lipinski definition) is 7.